The Hall–Kier alpha value is -1.94. The number of carbonyl (C=O) groups is 2. The molecular formula is C15H11BrO3. The molecule has 0 aliphatic heterocycles. The summed E-state index contributed by atoms with van der Waals surface area (Å²) in [5.74, 6) is -1.03. The minimum Gasteiger partial charge on any atom is -0.480 e. The Morgan fingerprint density at radius 3 is 1.95 bits per heavy atom. The predicted octanol–water partition coefficient (Wildman–Crippen LogP) is 3.44. The third-order valence-electron chi connectivity index (χ3n) is 2.72. The van der Waals surface area contributed by atoms with Crippen molar-refractivity contribution in [3.63, 3.8) is 0 Å². The van der Waals surface area contributed by atoms with Gasteiger partial charge in [0.25, 0.3) is 0 Å². The minimum atomic E-state index is -0.956. The largest absolute Gasteiger partial charge is 0.480 e. The van der Waals surface area contributed by atoms with Gasteiger partial charge in [-0.1, -0.05) is 70.5 Å². The van der Waals surface area contributed by atoms with Crippen LogP contribution in [0.3, 0.4) is 0 Å². The fourth-order valence-corrected chi connectivity index (χ4v) is 2.01. The number of carboxylic acid groups (broad SMARTS) is 1. The molecule has 2 rings (SSSR count). The van der Waals surface area contributed by atoms with Gasteiger partial charge < -0.3 is 5.11 Å². The van der Waals surface area contributed by atoms with Crippen LogP contribution < -0.4 is 0 Å². The first-order valence-corrected chi connectivity index (χ1v) is 6.58. The monoisotopic (exact) mass is 318 g/mol. The first-order chi connectivity index (χ1) is 9.09. The number of aliphatic carboxylic acids is 1. The molecule has 0 fully saturated rings. The van der Waals surface area contributed by atoms with Crippen LogP contribution in [0.2, 0.25) is 0 Å². The lowest BCUT2D eigenvalue weighted by Gasteiger charge is -2.06. The molecule has 0 heterocycles. The van der Waals surface area contributed by atoms with Gasteiger partial charge in [0.15, 0.2) is 5.78 Å². The van der Waals surface area contributed by atoms with Crippen LogP contribution in [0.15, 0.2) is 54.6 Å². The normalized spacial score (nSPS) is 11.8. The van der Waals surface area contributed by atoms with Crippen molar-refractivity contribution in [1.29, 1.82) is 0 Å². The van der Waals surface area contributed by atoms with Gasteiger partial charge in [0.05, 0.1) is 0 Å². The van der Waals surface area contributed by atoms with Crippen LogP contribution in [-0.4, -0.2) is 16.9 Å². The van der Waals surface area contributed by atoms with Crippen molar-refractivity contribution in [2.45, 2.75) is 4.83 Å². The van der Waals surface area contributed by atoms with Crippen LogP contribution >= 0.6 is 15.9 Å². The number of benzene rings is 2. The number of carbonyl (C=O) groups excluding carboxylic acids is 1. The molecule has 0 saturated heterocycles. The molecule has 1 unspecified atom stereocenters. The number of carboxylic acids is 1. The Kier molecular flexibility index (Phi) is 4.12. The summed E-state index contributed by atoms with van der Waals surface area (Å²) in [7, 11) is 0. The highest BCUT2D eigenvalue weighted by Crippen LogP contribution is 2.23. The molecule has 0 aliphatic rings. The molecule has 0 saturated carbocycles. The topological polar surface area (TPSA) is 54.4 Å². The first-order valence-electron chi connectivity index (χ1n) is 5.66. The van der Waals surface area contributed by atoms with Crippen molar-refractivity contribution >= 4 is 27.7 Å². The van der Waals surface area contributed by atoms with Crippen molar-refractivity contribution in [1.82, 2.24) is 0 Å². The molecule has 1 N–H and O–H groups in total. The molecular weight excluding hydrogens is 308 g/mol. The van der Waals surface area contributed by atoms with E-state index < -0.39 is 10.8 Å². The molecule has 96 valence electrons. The summed E-state index contributed by atoms with van der Waals surface area (Å²) in [6.07, 6.45) is 0. The average Bonchev–Trinajstić information content (AvgIpc) is 2.46. The summed E-state index contributed by atoms with van der Waals surface area (Å²) in [5, 5.41) is 8.88. The Balaban J connectivity index is 2.24. The molecule has 4 heteroatoms. The van der Waals surface area contributed by atoms with Crippen molar-refractivity contribution in [2.24, 2.45) is 0 Å². The van der Waals surface area contributed by atoms with Crippen LogP contribution in [-0.2, 0) is 4.79 Å². The Bertz CT molecular complexity index is 591. The van der Waals surface area contributed by atoms with Crippen LogP contribution in [0.4, 0.5) is 0 Å². The molecule has 0 spiro atoms. The van der Waals surface area contributed by atoms with E-state index in [0.717, 1.165) is 0 Å². The second kappa shape index (κ2) is 5.80. The maximum Gasteiger partial charge on any atom is 0.321 e. The molecule has 19 heavy (non-hydrogen) atoms. The van der Waals surface area contributed by atoms with Crippen molar-refractivity contribution in [3.8, 4) is 0 Å². The van der Waals surface area contributed by atoms with Gasteiger partial charge in [0.2, 0.25) is 0 Å². The zero-order valence-corrected chi connectivity index (χ0v) is 11.5. The summed E-state index contributed by atoms with van der Waals surface area (Å²) >= 11 is 3.07. The second-order valence-corrected chi connectivity index (χ2v) is 4.93. The predicted molar refractivity (Wildman–Crippen MR) is 75.6 cm³/mol. The number of hydrogen-bond acceptors (Lipinski definition) is 2. The maximum absolute atomic E-state index is 12.1. The third kappa shape index (κ3) is 3.09. The number of alkyl halides is 1. The van der Waals surface area contributed by atoms with Gasteiger partial charge in [-0.15, -0.1) is 0 Å². The molecule has 2 aromatic rings. The van der Waals surface area contributed by atoms with Crippen LogP contribution in [0.1, 0.15) is 26.3 Å². The number of rotatable bonds is 4. The lowest BCUT2D eigenvalue weighted by atomic mass is 10.0. The first kappa shape index (κ1) is 13.5. The fraction of sp³-hybridized carbons (Fsp3) is 0.0667. The van der Waals surface area contributed by atoms with Crippen LogP contribution in [0.25, 0.3) is 0 Å². The van der Waals surface area contributed by atoms with Crippen LogP contribution in [0.5, 0.6) is 0 Å². The van der Waals surface area contributed by atoms with Gasteiger partial charge in [-0.25, -0.2) is 0 Å². The Morgan fingerprint density at radius 1 is 0.895 bits per heavy atom. The highest BCUT2D eigenvalue weighted by atomic mass is 79.9. The van der Waals surface area contributed by atoms with E-state index in [1.165, 1.54) is 0 Å². The van der Waals surface area contributed by atoms with Crippen molar-refractivity contribution in [3.05, 3.63) is 71.3 Å². The van der Waals surface area contributed by atoms with E-state index in [9.17, 15) is 9.59 Å². The summed E-state index contributed by atoms with van der Waals surface area (Å²) in [6, 6.07) is 15.5. The zero-order chi connectivity index (χ0) is 13.8. The lowest BCUT2D eigenvalue weighted by molar-refractivity contribution is -0.136. The summed E-state index contributed by atoms with van der Waals surface area (Å²) < 4.78 is 0. The van der Waals surface area contributed by atoms with Crippen molar-refractivity contribution in [2.75, 3.05) is 0 Å². The van der Waals surface area contributed by atoms with Gasteiger partial charge in [-0.3, -0.25) is 9.59 Å². The van der Waals surface area contributed by atoms with E-state index in [1.807, 2.05) is 6.07 Å². The standard InChI is InChI=1S/C15H11BrO3/c16-13(15(18)19)10-6-8-12(9-7-10)14(17)11-4-2-1-3-5-11/h1-9,13H,(H,18,19). The molecule has 3 nitrogen and oxygen atoms in total. The van der Waals surface area contributed by atoms with Crippen molar-refractivity contribution < 1.29 is 14.7 Å². The van der Waals surface area contributed by atoms with Gasteiger partial charge in [0.1, 0.15) is 4.83 Å². The Morgan fingerprint density at radius 2 is 1.42 bits per heavy atom. The lowest BCUT2D eigenvalue weighted by Crippen LogP contribution is -2.05. The molecule has 0 bridgehead atoms. The van der Waals surface area contributed by atoms with E-state index in [0.29, 0.717) is 16.7 Å². The summed E-state index contributed by atoms with van der Waals surface area (Å²) in [6.45, 7) is 0. The highest BCUT2D eigenvalue weighted by Gasteiger charge is 2.16. The number of halogens is 1. The van der Waals surface area contributed by atoms with E-state index in [2.05, 4.69) is 15.9 Å². The van der Waals surface area contributed by atoms with Gasteiger partial charge in [-0.05, 0) is 5.56 Å². The molecule has 1 atom stereocenters. The van der Waals surface area contributed by atoms with E-state index in [-0.39, 0.29) is 5.78 Å². The van der Waals surface area contributed by atoms with E-state index in [4.69, 9.17) is 5.11 Å². The van der Waals surface area contributed by atoms with Crippen LogP contribution in [0, 0.1) is 0 Å². The minimum absolute atomic E-state index is 0.0754. The average molecular weight is 319 g/mol. The SMILES string of the molecule is O=C(c1ccccc1)c1ccc(C(Br)C(=O)O)cc1. The van der Waals surface area contributed by atoms with Gasteiger partial charge in [0, 0.05) is 11.1 Å². The summed E-state index contributed by atoms with van der Waals surface area (Å²) in [5.41, 5.74) is 1.76. The second-order valence-electron chi connectivity index (χ2n) is 4.02. The molecule has 0 radical (unpaired) electrons. The number of ketones is 1. The quantitative estimate of drug-likeness (QED) is 0.694. The highest BCUT2D eigenvalue weighted by molar-refractivity contribution is 9.09. The summed E-state index contributed by atoms with van der Waals surface area (Å²) in [4.78, 5) is 22.2. The fourth-order valence-electron chi connectivity index (χ4n) is 1.70. The molecule has 0 aromatic heterocycles. The molecule has 0 aliphatic carbocycles. The van der Waals surface area contributed by atoms with Gasteiger partial charge >= 0.3 is 5.97 Å². The molecule has 2 aromatic carbocycles. The Labute approximate surface area is 119 Å². The molecule has 0 amide bonds. The van der Waals surface area contributed by atoms with E-state index >= 15 is 0 Å². The zero-order valence-electron chi connectivity index (χ0n) is 9.92. The smallest absolute Gasteiger partial charge is 0.321 e. The number of hydrogen-bond donors (Lipinski definition) is 1. The van der Waals surface area contributed by atoms with Gasteiger partial charge in [-0.2, -0.15) is 0 Å². The maximum atomic E-state index is 12.1. The van der Waals surface area contributed by atoms with E-state index in [1.54, 1.807) is 48.5 Å². The third-order valence-corrected chi connectivity index (χ3v) is 3.64.